The van der Waals surface area contributed by atoms with Crippen LogP contribution in [0.15, 0.2) is 23.0 Å². The number of aromatic nitrogens is 4. The van der Waals surface area contributed by atoms with Crippen molar-refractivity contribution in [2.24, 2.45) is 0 Å². The Bertz CT molecular complexity index is 1200. The number of benzene rings is 1. The van der Waals surface area contributed by atoms with Crippen LogP contribution in [-0.4, -0.2) is 52.5 Å². The molecule has 0 spiro atoms. The summed E-state index contributed by atoms with van der Waals surface area (Å²) in [6, 6.07) is 7.08. The summed E-state index contributed by atoms with van der Waals surface area (Å²) in [5.41, 5.74) is 3.90. The van der Waals surface area contributed by atoms with Crippen LogP contribution in [0.3, 0.4) is 0 Å². The summed E-state index contributed by atoms with van der Waals surface area (Å²) in [7, 11) is 2.04. The zero-order chi connectivity index (χ0) is 23.7. The molecule has 3 aromatic rings. The lowest BCUT2D eigenvalue weighted by molar-refractivity contribution is 0.336. The molecule has 2 N–H and O–H groups in total. The monoisotopic (exact) mass is 464 g/mol. The number of nitrogens with one attached hydrogen (secondary N) is 2. The van der Waals surface area contributed by atoms with Gasteiger partial charge in [-0.25, -0.2) is 4.98 Å². The summed E-state index contributed by atoms with van der Waals surface area (Å²) < 4.78 is 7.96. The predicted molar refractivity (Wildman–Crippen MR) is 136 cm³/mol. The second-order valence-electron chi connectivity index (χ2n) is 9.60. The van der Waals surface area contributed by atoms with Crippen molar-refractivity contribution in [1.82, 2.24) is 25.1 Å². The van der Waals surface area contributed by atoms with E-state index in [0.717, 1.165) is 61.5 Å². The molecule has 0 bridgehead atoms. The van der Waals surface area contributed by atoms with E-state index in [2.05, 4.69) is 27.3 Å². The zero-order valence-corrected chi connectivity index (χ0v) is 20.6. The molecule has 3 heterocycles. The minimum absolute atomic E-state index is 0.133. The molecule has 0 radical (unpaired) electrons. The van der Waals surface area contributed by atoms with Crippen molar-refractivity contribution in [3.8, 4) is 17.1 Å². The van der Waals surface area contributed by atoms with Crippen molar-refractivity contribution in [3.05, 3.63) is 34.2 Å². The summed E-state index contributed by atoms with van der Waals surface area (Å²) in [5, 5.41) is 8.13. The van der Waals surface area contributed by atoms with Gasteiger partial charge in [0, 0.05) is 30.9 Å². The molecule has 1 saturated heterocycles. The van der Waals surface area contributed by atoms with E-state index in [4.69, 9.17) is 14.8 Å². The highest BCUT2D eigenvalue weighted by Crippen LogP contribution is 2.34. The number of hydrogen-bond acceptors (Lipinski definition) is 6. The number of ether oxygens (including phenoxy) is 1. The fourth-order valence-corrected chi connectivity index (χ4v) is 5.51. The average Bonchev–Trinajstić information content (AvgIpc) is 3.21. The predicted octanol–water partition coefficient (Wildman–Crippen LogP) is 4.19. The highest BCUT2D eigenvalue weighted by atomic mass is 16.5. The van der Waals surface area contributed by atoms with Crippen molar-refractivity contribution in [2.45, 2.75) is 70.9 Å². The molecule has 182 valence electrons. The summed E-state index contributed by atoms with van der Waals surface area (Å²) in [4.78, 5) is 23.6. The fraction of sp³-hybridized carbons (Fsp3) is 0.577. The van der Waals surface area contributed by atoms with Gasteiger partial charge in [-0.1, -0.05) is 19.3 Å². The molecule has 1 aromatic carbocycles. The molecule has 5 rings (SSSR count). The van der Waals surface area contributed by atoms with Gasteiger partial charge in [-0.3, -0.25) is 9.48 Å². The summed E-state index contributed by atoms with van der Waals surface area (Å²) in [6.07, 6.45) is 8.02. The number of H-pyrrole nitrogens is 1. The lowest BCUT2D eigenvalue weighted by Crippen LogP contribution is -2.41. The van der Waals surface area contributed by atoms with E-state index >= 15 is 0 Å². The van der Waals surface area contributed by atoms with Gasteiger partial charge in [0.1, 0.15) is 17.1 Å². The third kappa shape index (κ3) is 4.31. The first-order valence-electron chi connectivity index (χ1n) is 12.8. The molecule has 2 aromatic heterocycles. The normalized spacial score (nSPS) is 18.0. The molecule has 1 saturated carbocycles. The molecule has 0 unspecified atom stereocenters. The smallest absolute Gasteiger partial charge is 0.277 e. The molecule has 2 aliphatic rings. The fourth-order valence-electron chi connectivity index (χ4n) is 5.51. The first-order chi connectivity index (χ1) is 16.6. The van der Waals surface area contributed by atoms with E-state index in [0.29, 0.717) is 29.5 Å². The lowest BCUT2D eigenvalue weighted by Gasteiger charge is -2.33. The van der Waals surface area contributed by atoms with Crippen LogP contribution in [-0.2, 0) is 0 Å². The van der Waals surface area contributed by atoms with Crippen LogP contribution in [0, 0.1) is 6.92 Å². The summed E-state index contributed by atoms with van der Waals surface area (Å²) >= 11 is 0. The SMILES string of the molecule is CCOc1cc(N2CCC(NC)CC2)ccc1-c1nc2c(C)nn(C3CCCCC3)c2c(=O)[nH]1. The molecule has 2 fully saturated rings. The average molecular weight is 465 g/mol. The Morgan fingerprint density at radius 1 is 1.15 bits per heavy atom. The Kier molecular flexibility index (Phi) is 6.59. The van der Waals surface area contributed by atoms with Crippen LogP contribution < -0.4 is 20.5 Å². The number of piperidine rings is 1. The van der Waals surface area contributed by atoms with E-state index in [1.807, 2.05) is 31.6 Å². The maximum Gasteiger partial charge on any atom is 0.277 e. The zero-order valence-electron chi connectivity index (χ0n) is 20.6. The van der Waals surface area contributed by atoms with Crippen molar-refractivity contribution in [3.63, 3.8) is 0 Å². The number of hydrogen-bond donors (Lipinski definition) is 2. The van der Waals surface area contributed by atoms with Crippen LogP contribution in [0.25, 0.3) is 22.4 Å². The van der Waals surface area contributed by atoms with E-state index in [-0.39, 0.29) is 11.6 Å². The molecule has 8 heteroatoms. The Morgan fingerprint density at radius 3 is 2.62 bits per heavy atom. The van der Waals surface area contributed by atoms with Gasteiger partial charge in [-0.2, -0.15) is 5.10 Å². The van der Waals surface area contributed by atoms with Gasteiger partial charge in [0.25, 0.3) is 5.56 Å². The minimum atomic E-state index is -0.133. The van der Waals surface area contributed by atoms with Crippen LogP contribution >= 0.6 is 0 Å². The topological polar surface area (TPSA) is 88.1 Å². The third-order valence-electron chi connectivity index (χ3n) is 7.43. The number of anilines is 1. The lowest BCUT2D eigenvalue weighted by atomic mass is 9.95. The van der Waals surface area contributed by atoms with Crippen LogP contribution in [0.4, 0.5) is 5.69 Å². The molecule has 1 aliphatic heterocycles. The van der Waals surface area contributed by atoms with Gasteiger partial charge in [0.2, 0.25) is 0 Å². The van der Waals surface area contributed by atoms with Gasteiger partial charge in [-0.15, -0.1) is 0 Å². The quantitative estimate of drug-likeness (QED) is 0.569. The number of aromatic amines is 1. The van der Waals surface area contributed by atoms with Crippen LogP contribution in [0.2, 0.25) is 0 Å². The Morgan fingerprint density at radius 2 is 1.91 bits per heavy atom. The van der Waals surface area contributed by atoms with Gasteiger partial charge in [0.15, 0.2) is 5.52 Å². The molecular formula is C26H36N6O2. The van der Waals surface area contributed by atoms with E-state index in [1.165, 1.54) is 19.3 Å². The Hall–Kier alpha value is -2.87. The summed E-state index contributed by atoms with van der Waals surface area (Å²) in [5.74, 6) is 1.28. The van der Waals surface area contributed by atoms with Crippen molar-refractivity contribution < 1.29 is 4.74 Å². The Labute approximate surface area is 200 Å². The maximum absolute atomic E-state index is 13.3. The van der Waals surface area contributed by atoms with E-state index < -0.39 is 0 Å². The molecule has 8 nitrogen and oxygen atoms in total. The van der Waals surface area contributed by atoms with Gasteiger partial charge >= 0.3 is 0 Å². The number of rotatable bonds is 6. The molecule has 0 atom stereocenters. The Balaban J connectivity index is 1.51. The molecule has 34 heavy (non-hydrogen) atoms. The number of fused-ring (bicyclic) bond motifs is 1. The van der Waals surface area contributed by atoms with Gasteiger partial charge in [-0.05, 0) is 58.7 Å². The number of nitrogens with zero attached hydrogens (tertiary/aromatic N) is 4. The minimum Gasteiger partial charge on any atom is -0.493 e. The first kappa shape index (κ1) is 22.9. The molecule has 1 aliphatic carbocycles. The molecule has 0 amide bonds. The van der Waals surface area contributed by atoms with Crippen molar-refractivity contribution in [1.29, 1.82) is 0 Å². The molecular weight excluding hydrogens is 428 g/mol. The van der Waals surface area contributed by atoms with E-state index in [9.17, 15) is 4.79 Å². The third-order valence-corrected chi connectivity index (χ3v) is 7.43. The standard InChI is InChI=1S/C26H36N6O2/c1-4-34-22-16-20(31-14-12-18(27-3)13-15-31)10-11-21(22)25-28-23-17(2)30-32(24(23)26(33)29-25)19-8-6-5-7-9-19/h10-11,16,18-19,27H,4-9,12-15H2,1-3H3,(H,28,29,33). The summed E-state index contributed by atoms with van der Waals surface area (Å²) in [6.45, 7) is 6.49. The highest BCUT2D eigenvalue weighted by Gasteiger charge is 2.24. The van der Waals surface area contributed by atoms with Crippen LogP contribution in [0.5, 0.6) is 5.75 Å². The second-order valence-corrected chi connectivity index (χ2v) is 9.60. The van der Waals surface area contributed by atoms with E-state index in [1.54, 1.807) is 0 Å². The second kappa shape index (κ2) is 9.78. The largest absolute Gasteiger partial charge is 0.493 e. The van der Waals surface area contributed by atoms with Gasteiger partial charge < -0.3 is 19.9 Å². The highest BCUT2D eigenvalue weighted by molar-refractivity contribution is 5.80. The first-order valence-corrected chi connectivity index (χ1v) is 12.8. The number of aryl methyl sites for hydroxylation is 1. The van der Waals surface area contributed by atoms with Crippen molar-refractivity contribution >= 4 is 16.7 Å². The van der Waals surface area contributed by atoms with Crippen LogP contribution in [0.1, 0.15) is 63.6 Å². The van der Waals surface area contributed by atoms with Crippen molar-refractivity contribution in [2.75, 3.05) is 31.6 Å². The maximum atomic E-state index is 13.3. The van der Waals surface area contributed by atoms with Gasteiger partial charge in [0.05, 0.1) is 23.9 Å².